The zero-order valence-corrected chi connectivity index (χ0v) is 10.7. The van der Waals surface area contributed by atoms with Crippen molar-refractivity contribution in [3.8, 4) is 0 Å². The Labute approximate surface area is 95.3 Å². The van der Waals surface area contributed by atoms with Crippen LogP contribution < -0.4 is 5.32 Å². The summed E-state index contributed by atoms with van der Waals surface area (Å²) in [5.41, 5.74) is 1.25. The van der Waals surface area contributed by atoms with Gasteiger partial charge in [-0.1, -0.05) is 38.8 Å². The predicted molar refractivity (Wildman–Crippen MR) is 68.0 cm³/mol. The molecule has 1 aliphatic rings. The van der Waals surface area contributed by atoms with E-state index in [1.54, 1.807) is 0 Å². The van der Waals surface area contributed by atoms with Crippen LogP contribution in [0.2, 0.25) is 0 Å². The molecular formula is C14H27N. The first-order valence-corrected chi connectivity index (χ1v) is 6.45. The molecule has 88 valence electrons. The van der Waals surface area contributed by atoms with Gasteiger partial charge in [0.15, 0.2) is 0 Å². The summed E-state index contributed by atoms with van der Waals surface area (Å²) in [6.45, 7) is 11.7. The van der Waals surface area contributed by atoms with E-state index in [1.807, 2.05) is 0 Å². The minimum atomic E-state index is 0.749. The highest BCUT2D eigenvalue weighted by Gasteiger charge is 2.21. The van der Waals surface area contributed by atoms with Gasteiger partial charge in [0.25, 0.3) is 0 Å². The van der Waals surface area contributed by atoms with Gasteiger partial charge in [-0.15, -0.1) is 0 Å². The van der Waals surface area contributed by atoms with E-state index in [0.717, 1.165) is 24.4 Å². The lowest BCUT2D eigenvalue weighted by atomic mass is 9.81. The van der Waals surface area contributed by atoms with Crippen molar-refractivity contribution in [2.75, 3.05) is 6.54 Å². The monoisotopic (exact) mass is 209 g/mol. The SMILES string of the molecule is C=C(C)CNC1CCCC(CC(C)C)C1. The molecule has 0 aromatic rings. The van der Waals surface area contributed by atoms with Crippen molar-refractivity contribution < 1.29 is 0 Å². The molecule has 0 radical (unpaired) electrons. The third-order valence-corrected chi connectivity index (χ3v) is 3.28. The molecule has 1 nitrogen and oxygen atoms in total. The van der Waals surface area contributed by atoms with E-state index in [1.165, 1.54) is 37.7 Å². The van der Waals surface area contributed by atoms with Gasteiger partial charge >= 0.3 is 0 Å². The van der Waals surface area contributed by atoms with Gasteiger partial charge in [-0.25, -0.2) is 0 Å². The summed E-state index contributed by atoms with van der Waals surface area (Å²) in [7, 11) is 0. The Kier molecular flexibility index (Phi) is 5.38. The van der Waals surface area contributed by atoms with Gasteiger partial charge in [0.2, 0.25) is 0 Å². The molecule has 1 rings (SSSR count). The van der Waals surface area contributed by atoms with Gasteiger partial charge in [-0.05, 0) is 38.0 Å². The highest BCUT2D eigenvalue weighted by atomic mass is 14.9. The largest absolute Gasteiger partial charge is 0.310 e. The van der Waals surface area contributed by atoms with Crippen LogP contribution in [0.1, 0.15) is 52.9 Å². The predicted octanol–water partition coefficient (Wildman–Crippen LogP) is 3.76. The summed E-state index contributed by atoms with van der Waals surface area (Å²) in [4.78, 5) is 0. The topological polar surface area (TPSA) is 12.0 Å². The van der Waals surface area contributed by atoms with Gasteiger partial charge in [-0.3, -0.25) is 0 Å². The number of rotatable bonds is 5. The van der Waals surface area contributed by atoms with Crippen LogP contribution in [0, 0.1) is 11.8 Å². The maximum Gasteiger partial charge on any atom is 0.0161 e. The van der Waals surface area contributed by atoms with E-state index in [4.69, 9.17) is 0 Å². The lowest BCUT2D eigenvalue weighted by Gasteiger charge is -2.31. The van der Waals surface area contributed by atoms with Crippen LogP contribution >= 0.6 is 0 Å². The highest BCUT2D eigenvalue weighted by Crippen LogP contribution is 2.29. The summed E-state index contributed by atoms with van der Waals surface area (Å²) in [6, 6.07) is 0.749. The second kappa shape index (κ2) is 6.32. The highest BCUT2D eigenvalue weighted by molar-refractivity contribution is 4.92. The zero-order valence-electron chi connectivity index (χ0n) is 10.7. The minimum absolute atomic E-state index is 0.749. The summed E-state index contributed by atoms with van der Waals surface area (Å²) >= 11 is 0. The Morgan fingerprint density at radius 3 is 2.73 bits per heavy atom. The molecule has 0 aliphatic heterocycles. The van der Waals surface area contributed by atoms with Crippen molar-refractivity contribution >= 4 is 0 Å². The van der Waals surface area contributed by atoms with Gasteiger partial charge < -0.3 is 5.32 Å². The van der Waals surface area contributed by atoms with Gasteiger partial charge in [0.1, 0.15) is 0 Å². The van der Waals surface area contributed by atoms with Gasteiger partial charge in [-0.2, -0.15) is 0 Å². The molecule has 0 heterocycles. The average molecular weight is 209 g/mol. The van der Waals surface area contributed by atoms with Crippen molar-refractivity contribution in [2.45, 2.75) is 58.9 Å². The molecule has 1 aliphatic carbocycles. The van der Waals surface area contributed by atoms with Crippen molar-refractivity contribution in [2.24, 2.45) is 11.8 Å². The van der Waals surface area contributed by atoms with Crippen LogP contribution in [-0.2, 0) is 0 Å². The third-order valence-electron chi connectivity index (χ3n) is 3.28. The first kappa shape index (κ1) is 12.8. The molecule has 1 fully saturated rings. The molecule has 0 saturated heterocycles. The van der Waals surface area contributed by atoms with Crippen LogP contribution in [0.4, 0.5) is 0 Å². The van der Waals surface area contributed by atoms with E-state index in [2.05, 4.69) is 32.7 Å². The fourth-order valence-electron chi connectivity index (χ4n) is 2.68. The molecule has 2 unspecified atom stereocenters. The Balaban J connectivity index is 2.25. The number of hydrogen-bond acceptors (Lipinski definition) is 1. The summed E-state index contributed by atoms with van der Waals surface area (Å²) in [5.74, 6) is 1.82. The van der Waals surface area contributed by atoms with E-state index in [0.29, 0.717) is 0 Å². The van der Waals surface area contributed by atoms with Crippen molar-refractivity contribution in [1.29, 1.82) is 0 Å². The Hall–Kier alpha value is -0.300. The zero-order chi connectivity index (χ0) is 11.3. The standard InChI is InChI=1S/C14H27N/c1-11(2)8-13-6-5-7-14(9-13)15-10-12(3)4/h11,13-15H,3,5-10H2,1-2,4H3. The summed E-state index contributed by atoms with van der Waals surface area (Å²) < 4.78 is 0. The Morgan fingerprint density at radius 2 is 2.13 bits per heavy atom. The molecule has 2 atom stereocenters. The van der Waals surface area contributed by atoms with Crippen LogP contribution in [-0.4, -0.2) is 12.6 Å². The maximum atomic E-state index is 3.94. The average Bonchev–Trinajstić information content (AvgIpc) is 2.14. The third kappa shape index (κ3) is 5.36. The Morgan fingerprint density at radius 1 is 1.40 bits per heavy atom. The van der Waals surface area contributed by atoms with E-state index < -0.39 is 0 Å². The fraction of sp³-hybridized carbons (Fsp3) is 0.857. The van der Waals surface area contributed by atoms with Crippen molar-refractivity contribution in [1.82, 2.24) is 5.32 Å². The molecule has 0 aromatic carbocycles. The smallest absolute Gasteiger partial charge is 0.0161 e. The lowest BCUT2D eigenvalue weighted by molar-refractivity contribution is 0.256. The molecule has 1 saturated carbocycles. The maximum absolute atomic E-state index is 3.94. The van der Waals surface area contributed by atoms with Crippen LogP contribution in [0.15, 0.2) is 12.2 Å². The summed E-state index contributed by atoms with van der Waals surface area (Å²) in [5, 5.41) is 3.62. The molecule has 1 heteroatoms. The minimum Gasteiger partial charge on any atom is -0.310 e. The second-order valence-corrected chi connectivity index (χ2v) is 5.70. The molecule has 15 heavy (non-hydrogen) atoms. The number of nitrogens with one attached hydrogen (secondary N) is 1. The van der Waals surface area contributed by atoms with Crippen molar-refractivity contribution in [3.05, 3.63) is 12.2 Å². The van der Waals surface area contributed by atoms with Gasteiger partial charge in [0, 0.05) is 12.6 Å². The van der Waals surface area contributed by atoms with Crippen LogP contribution in [0.3, 0.4) is 0 Å². The summed E-state index contributed by atoms with van der Waals surface area (Å²) in [6.07, 6.45) is 7.01. The van der Waals surface area contributed by atoms with Gasteiger partial charge in [0.05, 0.1) is 0 Å². The Bertz CT molecular complexity index is 196. The van der Waals surface area contributed by atoms with E-state index >= 15 is 0 Å². The molecule has 0 bridgehead atoms. The molecular weight excluding hydrogens is 182 g/mol. The second-order valence-electron chi connectivity index (χ2n) is 5.70. The fourth-order valence-corrected chi connectivity index (χ4v) is 2.68. The van der Waals surface area contributed by atoms with E-state index in [-0.39, 0.29) is 0 Å². The van der Waals surface area contributed by atoms with E-state index in [9.17, 15) is 0 Å². The molecule has 0 aromatic heterocycles. The number of hydrogen-bond donors (Lipinski definition) is 1. The molecule has 0 spiro atoms. The lowest BCUT2D eigenvalue weighted by Crippen LogP contribution is -2.35. The molecule has 1 N–H and O–H groups in total. The van der Waals surface area contributed by atoms with Crippen molar-refractivity contribution in [3.63, 3.8) is 0 Å². The first-order chi connectivity index (χ1) is 7.08. The van der Waals surface area contributed by atoms with Crippen LogP contribution in [0.25, 0.3) is 0 Å². The van der Waals surface area contributed by atoms with Crippen LogP contribution in [0.5, 0.6) is 0 Å². The quantitative estimate of drug-likeness (QED) is 0.680. The molecule has 0 amide bonds. The first-order valence-electron chi connectivity index (χ1n) is 6.45. The normalized spacial score (nSPS) is 26.9.